The number of morpholine rings is 2. The van der Waals surface area contributed by atoms with E-state index < -0.39 is 0 Å². The zero-order valence-corrected chi connectivity index (χ0v) is 20.7. The van der Waals surface area contributed by atoms with E-state index in [1.54, 1.807) is 0 Å². The number of rotatable bonds is 6. The molecule has 6 rings (SSSR count). The molecule has 0 spiro atoms. The Labute approximate surface area is 215 Å². The number of aromatic nitrogens is 3. The lowest BCUT2D eigenvalue weighted by atomic mass is 10.1. The second-order valence-electron chi connectivity index (χ2n) is 9.34. The number of pyridine rings is 1. The van der Waals surface area contributed by atoms with E-state index in [9.17, 15) is 4.79 Å². The van der Waals surface area contributed by atoms with E-state index in [0.29, 0.717) is 16.7 Å². The smallest absolute Gasteiger partial charge is 0.262 e. The highest BCUT2D eigenvalue weighted by atomic mass is 16.5. The number of nitrogens with one attached hydrogen (secondary N) is 2. The fourth-order valence-electron chi connectivity index (χ4n) is 4.84. The third kappa shape index (κ3) is 5.34. The molecule has 0 radical (unpaired) electrons. The molecular weight excluding hydrogens is 468 g/mol. The lowest BCUT2D eigenvalue weighted by Crippen LogP contribution is -2.36. The fourth-order valence-corrected chi connectivity index (χ4v) is 4.84. The molecule has 2 aromatic heterocycles. The van der Waals surface area contributed by atoms with Crippen molar-refractivity contribution >= 4 is 28.1 Å². The van der Waals surface area contributed by atoms with Crippen LogP contribution in [0.5, 0.6) is 0 Å². The lowest BCUT2D eigenvalue weighted by molar-refractivity contribution is 0.0342. The molecule has 9 heteroatoms. The van der Waals surface area contributed by atoms with Gasteiger partial charge in [0.1, 0.15) is 11.2 Å². The van der Waals surface area contributed by atoms with Gasteiger partial charge in [-0.15, -0.1) is 0 Å². The van der Waals surface area contributed by atoms with Crippen LogP contribution in [0.15, 0.2) is 65.7 Å². The highest BCUT2D eigenvalue weighted by Crippen LogP contribution is 2.28. The number of anilines is 3. The van der Waals surface area contributed by atoms with Crippen molar-refractivity contribution in [2.75, 3.05) is 62.8 Å². The monoisotopic (exact) mass is 498 g/mol. The maximum Gasteiger partial charge on any atom is 0.262 e. The van der Waals surface area contributed by atoms with Crippen LogP contribution < -0.4 is 15.8 Å². The topological polar surface area (TPSA) is 95.6 Å². The normalized spacial score (nSPS) is 16.7. The molecular formula is C28H30N6O3. The van der Waals surface area contributed by atoms with Crippen LogP contribution >= 0.6 is 0 Å². The molecule has 4 aromatic rings. The van der Waals surface area contributed by atoms with Gasteiger partial charge in [-0.1, -0.05) is 24.3 Å². The SMILES string of the molecule is O=c1[nH]cnc2cc(-c3ccc(CN4CCOCC4)cc3)nc(Nc3ccc(N4CCOCC4)cc3)c12. The first kappa shape index (κ1) is 23.6. The minimum atomic E-state index is -0.225. The van der Waals surface area contributed by atoms with Crippen LogP contribution in [0.2, 0.25) is 0 Å². The summed E-state index contributed by atoms with van der Waals surface area (Å²) in [5.74, 6) is 0.485. The van der Waals surface area contributed by atoms with E-state index in [0.717, 1.165) is 81.8 Å². The van der Waals surface area contributed by atoms with Crippen LogP contribution in [0.4, 0.5) is 17.2 Å². The first-order valence-electron chi connectivity index (χ1n) is 12.7. The Morgan fingerprint density at radius 1 is 0.892 bits per heavy atom. The van der Waals surface area contributed by atoms with Crippen LogP contribution in [0.3, 0.4) is 0 Å². The summed E-state index contributed by atoms with van der Waals surface area (Å²) < 4.78 is 10.9. The van der Waals surface area contributed by atoms with E-state index in [2.05, 4.69) is 61.5 Å². The van der Waals surface area contributed by atoms with Crippen molar-refractivity contribution in [1.29, 1.82) is 0 Å². The maximum atomic E-state index is 12.7. The number of aromatic amines is 1. The molecule has 2 N–H and O–H groups in total. The first-order valence-corrected chi connectivity index (χ1v) is 12.7. The molecule has 0 unspecified atom stereocenters. The Bertz CT molecular complexity index is 1410. The minimum Gasteiger partial charge on any atom is -0.379 e. The molecule has 2 saturated heterocycles. The van der Waals surface area contributed by atoms with Crippen LogP contribution in [0.1, 0.15) is 5.56 Å². The Morgan fingerprint density at radius 2 is 1.59 bits per heavy atom. The Balaban J connectivity index is 1.27. The number of benzene rings is 2. The van der Waals surface area contributed by atoms with Gasteiger partial charge in [0, 0.05) is 49.7 Å². The van der Waals surface area contributed by atoms with Gasteiger partial charge < -0.3 is 24.7 Å². The molecule has 0 atom stereocenters. The van der Waals surface area contributed by atoms with Crippen molar-refractivity contribution in [3.63, 3.8) is 0 Å². The lowest BCUT2D eigenvalue weighted by Gasteiger charge is -2.28. The average molecular weight is 499 g/mol. The molecule has 2 fully saturated rings. The minimum absolute atomic E-state index is 0.225. The summed E-state index contributed by atoms with van der Waals surface area (Å²) in [5.41, 5.74) is 5.36. The van der Waals surface area contributed by atoms with Crippen molar-refractivity contribution in [3.8, 4) is 11.3 Å². The summed E-state index contributed by atoms with van der Waals surface area (Å²) in [7, 11) is 0. The van der Waals surface area contributed by atoms with Crippen molar-refractivity contribution in [3.05, 3.63) is 76.8 Å². The van der Waals surface area contributed by atoms with E-state index in [-0.39, 0.29) is 5.56 Å². The molecule has 0 saturated carbocycles. The van der Waals surface area contributed by atoms with Gasteiger partial charge in [0.2, 0.25) is 0 Å². The highest BCUT2D eigenvalue weighted by molar-refractivity contribution is 5.92. The molecule has 0 bridgehead atoms. The van der Waals surface area contributed by atoms with Gasteiger partial charge in [-0.05, 0) is 35.9 Å². The number of fused-ring (bicyclic) bond motifs is 1. The number of H-pyrrole nitrogens is 1. The summed E-state index contributed by atoms with van der Waals surface area (Å²) in [4.78, 5) is 29.4. The predicted octanol–water partition coefficient (Wildman–Crippen LogP) is 3.40. The van der Waals surface area contributed by atoms with Crippen LogP contribution in [-0.2, 0) is 16.0 Å². The summed E-state index contributed by atoms with van der Waals surface area (Å²) in [5, 5.41) is 3.80. The van der Waals surface area contributed by atoms with Gasteiger partial charge in [-0.3, -0.25) is 9.69 Å². The van der Waals surface area contributed by atoms with Crippen LogP contribution in [0, 0.1) is 0 Å². The number of hydrogen-bond acceptors (Lipinski definition) is 8. The molecule has 2 aliphatic rings. The molecule has 190 valence electrons. The van der Waals surface area contributed by atoms with Crippen LogP contribution in [-0.4, -0.2) is 72.5 Å². The molecule has 37 heavy (non-hydrogen) atoms. The Kier molecular flexibility index (Phi) is 6.81. The zero-order chi connectivity index (χ0) is 25.0. The second kappa shape index (κ2) is 10.7. The largest absolute Gasteiger partial charge is 0.379 e. The maximum absolute atomic E-state index is 12.7. The zero-order valence-electron chi connectivity index (χ0n) is 20.7. The van der Waals surface area contributed by atoms with Gasteiger partial charge in [0.15, 0.2) is 0 Å². The molecule has 2 aromatic carbocycles. The molecule has 0 amide bonds. The third-order valence-corrected chi connectivity index (χ3v) is 6.89. The summed E-state index contributed by atoms with van der Waals surface area (Å²) in [6.45, 7) is 7.64. The Morgan fingerprint density at radius 3 is 2.32 bits per heavy atom. The van der Waals surface area contributed by atoms with Gasteiger partial charge >= 0.3 is 0 Å². The standard InChI is InChI=1S/C28H30N6O3/c35-28-26-25(29-19-30-28)17-24(21-3-1-20(2-4-21)18-33-9-13-36-14-10-33)32-27(26)31-22-5-7-23(8-6-22)34-11-15-37-16-12-34/h1-8,17,19H,9-16,18H2,(H,31,32)(H,29,30,35). The van der Waals surface area contributed by atoms with Gasteiger partial charge in [-0.2, -0.15) is 0 Å². The van der Waals surface area contributed by atoms with Crippen molar-refractivity contribution in [1.82, 2.24) is 19.9 Å². The molecule has 4 heterocycles. The Hall–Kier alpha value is -3.79. The van der Waals surface area contributed by atoms with E-state index >= 15 is 0 Å². The summed E-state index contributed by atoms with van der Waals surface area (Å²) in [6.07, 6.45) is 1.43. The third-order valence-electron chi connectivity index (χ3n) is 6.89. The molecule has 0 aliphatic carbocycles. The second-order valence-corrected chi connectivity index (χ2v) is 9.34. The number of ether oxygens (including phenoxy) is 2. The van der Waals surface area contributed by atoms with Crippen molar-refractivity contribution in [2.24, 2.45) is 0 Å². The number of hydrogen-bond donors (Lipinski definition) is 2. The average Bonchev–Trinajstić information content (AvgIpc) is 2.95. The summed E-state index contributed by atoms with van der Waals surface area (Å²) in [6, 6.07) is 18.5. The van der Waals surface area contributed by atoms with E-state index in [1.807, 2.05) is 18.2 Å². The molecule has 2 aliphatic heterocycles. The van der Waals surface area contributed by atoms with E-state index in [4.69, 9.17) is 14.5 Å². The van der Waals surface area contributed by atoms with E-state index in [1.165, 1.54) is 11.9 Å². The van der Waals surface area contributed by atoms with Crippen molar-refractivity contribution < 1.29 is 9.47 Å². The molecule has 9 nitrogen and oxygen atoms in total. The van der Waals surface area contributed by atoms with Gasteiger partial charge in [0.25, 0.3) is 5.56 Å². The predicted molar refractivity (Wildman–Crippen MR) is 144 cm³/mol. The van der Waals surface area contributed by atoms with Gasteiger partial charge in [0.05, 0.1) is 44.0 Å². The quantitative estimate of drug-likeness (QED) is 0.418. The number of nitrogens with zero attached hydrogens (tertiary/aromatic N) is 4. The summed E-state index contributed by atoms with van der Waals surface area (Å²) >= 11 is 0. The first-order chi connectivity index (χ1) is 18.2. The fraction of sp³-hybridized carbons (Fsp3) is 0.321. The highest BCUT2D eigenvalue weighted by Gasteiger charge is 2.15. The van der Waals surface area contributed by atoms with Crippen LogP contribution in [0.25, 0.3) is 22.2 Å². The van der Waals surface area contributed by atoms with Crippen molar-refractivity contribution in [2.45, 2.75) is 6.54 Å². The van der Waals surface area contributed by atoms with Gasteiger partial charge in [-0.25, -0.2) is 9.97 Å².